The van der Waals surface area contributed by atoms with Crippen LogP contribution in [0.5, 0.6) is 0 Å². The van der Waals surface area contributed by atoms with Crippen molar-refractivity contribution in [1.29, 1.82) is 0 Å². The molecule has 0 saturated carbocycles. The van der Waals surface area contributed by atoms with Gasteiger partial charge in [-0.2, -0.15) is 0 Å². The molecule has 0 aliphatic rings. The highest BCUT2D eigenvalue weighted by atomic mass is 16.4. The van der Waals surface area contributed by atoms with Gasteiger partial charge in [-0.1, -0.05) is 0 Å². The molecule has 4 nitrogen and oxygen atoms in total. The number of rotatable bonds is 2. The van der Waals surface area contributed by atoms with E-state index in [0.29, 0.717) is 5.71 Å². The van der Waals surface area contributed by atoms with Crippen molar-refractivity contribution in [3.8, 4) is 0 Å². The monoisotopic (exact) mass is 142 g/mol. The third-order valence-electron chi connectivity index (χ3n) is 1.12. The fourth-order valence-corrected chi connectivity index (χ4v) is 0.467. The summed E-state index contributed by atoms with van der Waals surface area (Å²) in [6, 6.07) is 0. The molecule has 0 bridgehead atoms. The minimum absolute atomic E-state index is 0.0440. The van der Waals surface area contributed by atoms with E-state index in [-0.39, 0.29) is 5.57 Å². The number of carbonyl (C=O) groups is 1. The lowest BCUT2D eigenvalue weighted by atomic mass is 10.2. The van der Waals surface area contributed by atoms with Crippen molar-refractivity contribution in [2.45, 2.75) is 6.92 Å². The number of nitrogens with zero attached hydrogens (tertiary/aromatic N) is 1. The second-order valence-electron chi connectivity index (χ2n) is 1.69. The molecule has 0 aromatic rings. The van der Waals surface area contributed by atoms with Crippen molar-refractivity contribution in [2.75, 3.05) is 7.05 Å². The molecule has 0 fully saturated rings. The quantitative estimate of drug-likeness (QED) is 0.421. The molecule has 56 valence electrons. The highest BCUT2D eigenvalue weighted by molar-refractivity contribution is 6.17. The zero-order chi connectivity index (χ0) is 8.15. The van der Waals surface area contributed by atoms with Gasteiger partial charge in [0.2, 0.25) is 0 Å². The molecule has 0 amide bonds. The number of carboxylic acids is 1. The molecule has 4 heteroatoms. The SMILES string of the molecule is CN=C(C)C(=CN)C(=O)O. The first-order valence-corrected chi connectivity index (χ1v) is 2.72. The summed E-state index contributed by atoms with van der Waals surface area (Å²) in [4.78, 5) is 14.0. The molecule has 0 aliphatic carbocycles. The number of carboxylic acid groups (broad SMARTS) is 1. The van der Waals surface area contributed by atoms with Gasteiger partial charge in [0.1, 0.15) is 0 Å². The van der Waals surface area contributed by atoms with Crippen LogP contribution in [0.3, 0.4) is 0 Å². The van der Waals surface area contributed by atoms with E-state index in [1.54, 1.807) is 6.92 Å². The molecule has 0 aliphatic heterocycles. The summed E-state index contributed by atoms with van der Waals surface area (Å²) in [6.07, 6.45) is 1.03. The maximum absolute atomic E-state index is 10.3. The Bertz CT molecular complexity index is 194. The molecule has 0 rings (SSSR count). The van der Waals surface area contributed by atoms with Crippen molar-refractivity contribution in [1.82, 2.24) is 0 Å². The van der Waals surface area contributed by atoms with Crippen LogP contribution in [-0.4, -0.2) is 23.8 Å². The highest BCUT2D eigenvalue weighted by Gasteiger charge is 2.07. The Hall–Kier alpha value is -1.32. The molecule has 0 unspecified atom stereocenters. The first kappa shape index (κ1) is 8.68. The number of hydrogen-bond acceptors (Lipinski definition) is 3. The van der Waals surface area contributed by atoms with Gasteiger partial charge in [-0.05, 0) is 6.92 Å². The predicted molar refractivity (Wildman–Crippen MR) is 38.9 cm³/mol. The van der Waals surface area contributed by atoms with Gasteiger partial charge >= 0.3 is 5.97 Å². The Balaban J connectivity index is 4.56. The van der Waals surface area contributed by atoms with Gasteiger partial charge in [-0.25, -0.2) is 4.79 Å². The van der Waals surface area contributed by atoms with Crippen molar-refractivity contribution < 1.29 is 9.90 Å². The molecule has 0 saturated heterocycles. The van der Waals surface area contributed by atoms with E-state index in [2.05, 4.69) is 4.99 Å². The summed E-state index contributed by atoms with van der Waals surface area (Å²) in [7, 11) is 1.52. The van der Waals surface area contributed by atoms with Crippen LogP contribution in [0, 0.1) is 0 Å². The smallest absolute Gasteiger partial charge is 0.338 e. The Labute approximate surface area is 59.1 Å². The summed E-state index contributed by atoms with van der Waals surface area (Å²) in [6.45, 7) is 1.59. The second kappa shape index (κ2) is 3.66. The van der Waals surface area contributed by atoms with Gasteiger partial charge in [0, 0.05) is 19.0 Å². The van der Waals surface area contributed by atoms with Gasteiger partial charge in [-0.15, -0.1) is 0 Å². The molecule has 0 aromatic carbocycles. The average molecular weight is 142 g/mol. The lowest BCUT2D eigenvalue weighted by molar-refractivity contribution is -0.132. The number of hydrogen-bond donors (Lipinski definition) is 2. The molecule has 3 N–H and O–H groups in total. The normalized spacial score (nSPS) is 13.4. The fraction of sp³-hybridized carbons (Fsp3) is 0.333. The summed E-state index contributed by atoms with van der Waals surface area (Å²) < 4.78 is 0. The molecule has 0 aromatic heterocycles. The predicted octanol–water partition coefficient (Wildman–Crippen LogP) is 0.00430. The maximum atomic E-state index is 10.3. The lowest BCUT2D eigenvalue weighted by Crippen LogP contribution is -2.10. The molecule has 0 heterocycles. The summed E-state index contributed by atoms with van der Waals surface area (Å²) in [5.74, 6) is -1.05. The molecule has 10 heavy (non-hydrogen) atoms. The molecular weight excluding hydrogens is 132 g/mol. The van der Waals surface area contributed by atoms with Crippen LogP contribution in [0.1, 0.15) is 6.92 Å². The van der Waals surface area contributed by atoms with E-state index < -0.39 is 5.97 Å². The number of nitrogens with two attached hydrogens (primary N) is 1. The lowest BCUT2D eigenvalue weighted by Gasteiger charge is -1.96. The molecule has 0 spiro atoms. The standard InChI is InChI=1S/C6H10N2O2/c1-4(8-2)5(3-7)6(9)10/h3H,7H2,1-2H3,(H,9,10). The van der Waals surface area contributed by atoms with E-state index in [9.17, 15) is 4.79 Å². The average Bonchev–Trinajstić information content (AvgIpc) is 1.88. The summed E-state index contributed by atoms with van der Waals surface area (Å²) in [5, 5.41) is 8.45. The Morgan fingerprint density at radius 1 is 1.70 bits per heavy atom. The van der Waals surface area contributed by atoms with Gasteiger partial charge in [0.15, 0.2) is 0 Å². The third-order valence-corrected chi connectivity index (χ3v) is 1.12. The fourth-order valence-electron chi connectivity index (χ4n) is 0.467. The third kappa shape index (κ3) is 1.89. The summed E-state index contributed by atoms with van der Waals surface area (Å²) >= 11 is 0. The Morgan fingerprint density at radius 2 is 2.20 bits per heavy atom. The minimum atomic E-state index is -1.05. The van der Waals surface area contributed by atoms with Crippen molar-refractivity contribution in [3.05, 3.63) is 11.8 Å². The topological polar surface area (TPSA) is 75.7 Å². The van der Waals surface area contributed by atoms with Gasteiger partial charge in [0.25, 0.3) is 0 Å². The molecule has 0 radical (unpaired) electrons. The van der Waals surface area contributed by atoms with E-state index in [4.69, 9.17) is 10.8 Å². The van der Waals surface area contributed by atoms with Crippen molar-refractivity contribution >= 4 is 11.7 Å². The first-order chi connectivity index (χ1) is 4.63. The number of aliphatic carboxylic acids is 1. The zero-order valence-corrected chi connectivity index (χ0v) is 5.96. The van der Waals surface area contributed by atoms with Crippen LogP contribution < -0.4 is 5.73 Å². The first-order valence-electron chi connectivity index (χ1n) is 2.72. The van der Waals surface area contributed by atoms with Crippen LogP contribution in [0.2, 0.25) is 0 Å². The highest BCUT2D eigenvalue weighted by Crippen LogP contribution is 1.94. The summed E-state index contributed by atoms with van der Waals surface area (Å²) in [5.41, 5.74) is 5.50. The zero-order valence-electron chi connectivity index (χ0n) is 5.96. The largest absolute Gasteiger partial charge is 0.478 e. The van der Waals surface area contributed by atoms with Crippen LogP contribution in [0.15, 0.2) is 16.8 Å². The molecule has 0 atom stereocenters. The van der Waals surface area contributed by atoms with Crippen molar-refractivity contribution in [3.63, 3.8) is 0 Å². The Kier molecular flexibility index (Phi) is 3.17. The molecular formula is C6H10N2O2. The van der Waals surface area contributed by atoms with E-state index in [0.717, 1.165) is 6.20 Å². The Morgan fingerprint density at radius 3 is 2.30 bits per heavy atom. The van der Waals surface area contributed by atoms with Crippen LogP contribution in [-0.2, 0) is 4.79 Å². The van der Waals surface area contributed by atoms with E-state index in [1.165, 1.54) is 7.05 Å². The van der Waals surface area contributed by atoms with Gasteiger partial charge < -0.3 is 10.8 Å². The van der Waals surface area contributed by atoms with Crippen molar-refractivity contribution in [2.24, 2.45) is 10.7 Å². The maximum Gasteiger partial charge on any atom is 0.338 e. The van der Waals surface area contributed by atoms with Crippen LogP contribution >= 0.6 is 0 Å². The van der Waals surface area contributed by atoms with Crippen LogP contribution in [0.25, 0.3) is 0 Å². The van der Waals surface area contributed by atoms with Gasteiger partial charge in [-0.3, -0.25) is 4.99 Å². The van der Waals surface area contributed by atoms with E-state index >= 15 is 0 Å². The van der Waals surface area contributed by atoms with Gasteiger partial charge in [0.05, 0.1) is 5.57 Å². The number of aliphatic imine (C=N–C) groups is 1. The van der Waals surface area contributed by atoms with E-state index in [1.807, 2.05) is 0 Å². The second-order valence-corrected chi connectivity index (χ2v) is 1.69. The minimum Gasteiger partial charge on any atom is -0.478 e. The van der Waals surface area contributed by atoms with Crippen LogP contribution in [0.4, 0.5) is 0 Å².